The number of hydrazone groups is 1. The Labute approximate surface area is 191 Å². The molecule has 0 saturated heterocycles. The summed E-state index contributed by atoms with van der Waals surface area (Å²) >= 11 is 0. The van der Waals surface area contributed by atoms with Gasteiger partial charge in [0.15, 0.2) is 0 Å². The Hall–Kier alpha value is -2.95. The van der Waals surface area contributed by atoms with E-state index in [2.05, 4.69) is 63.2 Å². The Bertz CT molecular complexity index is 1040. The minimum Gasteiger partial charge on any atom is -0.336 e. The average Bonchev–Trinajstić information content (AvgIpc) is 3.46. The summed E-state index contributed by atoms with van der Waals surface area (Å²) < 4.78 is 0. The molecule has 1 heterocycles. The molecule has 1 aliphatic heterocycles. The number of carbonyl (C=O) groups is 2. The van der Waals surface area contributed by atoms with Gasteiger partial charge in [0.05, 0.1) is 11.8 Å². The van der Waals surface area contributed by atoms with Crippen LogP contribution in [0.2, 0.25) is 0 Å². The van der Waals surface area contributed by atoms with Crippen LogP contribution in [0.25, 0.3) is 0 Å². The second-order valence-electron chi connectivity index (χ2n) is 9.39. The number of carbonyl (C=O) groups excluding carboxylic acids is 2. The third kappa shape index (κ3) is 4.62. The highest BCUT2D eigenvalue weighted by molar-refractivity contribution is 6.03. The normalized spacial score (nSPS) is 18.7. The Morgan fingerprint density at radius 3 is 2.34 bits per heavy atom. The lowest BCUT2D eigenvalue weighted by Gasteiger charge is -2.26. The maximum atomic E-state index is 13.3. The summed E-state index contributed by atoms with van der Waals surface area (Å²) in [7, 11) is 1.74. The largest absolute Gasteiger partial charge is 0.336 e. The number of nitrogens with zero attached hydrogens (tertiary/aromatic N) is 3. The maximum Gasteiger partial charge on any atom is 0.262 e. The first-order chi connectivity index (χ1) is 15.3. The standard InChI is InChI=1S/C27H33N3O2/c1-18-9-12-21(13-10-18)25-16-24(23-14-11-19(2)20(3)15-23)28-30(25)26(31)17-29(4)27(32)22-7-5-6-8-22/h9-15,22,25H,5-8,16-17H2,1-4H3/t25-/m1/s1. The summed E-state index contributed by atoms with van der Waals surface area (Å²) in [5.41, 5.74) is 6.66. The van der Waals surface area contributed by atoms with Crippen molar-refractivity contribution >= 4 is 17.5 Å². The first-order valence-electron chi connectivity index (χ1n) is 11.6. The van der Waals surface area contributed by atoms with E-state index < -0.39 is 0 Å². The van der Waals surface area contributed by atoms with E-state index in [9.17, 15) is 9.59 Å². The van der Waals surface area contributed by atoms with Gasteiger partial charge in [0, 0.05) is 19.4 Å². The summed E-state index contributed by atoms with van der Waals surface area (Å²) in [5, 5.41) is 6.39. The van der Waals surface area contributed by atoms with Crippen LogP contribution in [-0.4, -0.2) is 41.0 Å². The van der Waals surface area contributed by atoms with Gasteiger partial charge >= 0.3 is 0 Å². The third-order valence-corrected chi connectivity index (χ3v) is 6.92. The third-order valence-electron chi connectivity index (χ3n) is 6.92. The molecular weight excluding hydrogens is 398 g/mol. The Kier molecular flexibility index (Phi) is 6.45. The minimum atomic E-state index is -0.158. The van der Waals surface area contributed by atoms with Crippen LogP contribution in [0.1, 0.15) is 66.0 Å². The first-order valence-corrected chi connectivity index (χ1v) is 11.6. The zero-order chi connectivity index (χ0) is 22.8. The SMILES string of the molecule is Cc1ccc([C@H]2CC(c3ccc(C)c(C)c3)=NN2C(=O)CN(C)C(=O)C2CCCC2)cc1. The lowest BCUT2D eigenvalue weighted by Crippen LogP contribution is -2.41. The van der Waals surface area contributed by atoms with Crippen LogP contribution in [0.15, 0.2) is 47.6 Å². The fraction of sp³-hybridized carbons (Fsp3) is 0.444. The molecule has 5 heteroatoms. The fourth-order valence-electron chi connectivity index (χ4n) is 4.72. The molecule has 1 atom stereocenters. The molecule has 0 bridgehead atoms. The van der Waals surface area contributed by atoms with E-state index in [1.54, 1.807) is 17.0 Å². The predicted octanol–water partition coefficient (Wildman–Crippen LogP) is 4.94. The summed E-state index contributed by atoms with van der Waals surface area (Å²) in [6, 6.07) is 14.5. The van der Waals surface area contributed by atoms with Gasteiger partial charge in [-0.25, -0.2) is 5.01 Å². The van der Waals surface area contributed by atoms with Crippen molar-refractivity contribution in [3.8, 4) is 0 Å². The number of rotatable bonds is 5. The van der Waals surface area contributed by atoms with Crippen molar-refractivity contribution in [2.45, 2.75) is 58.9 Å². The molecule has 1 saturated carbocycles. The molecule has 4 rings (SSSR count). The molecule has 2 aromatic carbocycles. The molecule has 0 N–H and O–H groups in total. The van der Waals surface area contributed by atoms with Crippen molar-refractivity contribution in [3.05, 3.63) is 70.3 Å². The molecule has 2 aromatic rings. The number of hydrogen-bond donors (Lipinski definition) is 0. The highest BCUT2D eigenvalue weighted by atomic mass is 16.2. The molecule has 0 aromatic heterocycles. The fourth-order valence-corrected chi connectivity index (χ4v) is 4.72. The molecular formula is C27H33N3O2. The van der Waals surface area contributed by atoms with Gasteiger partial charge in [-0.1, -0.05) is 54.8 Å². The van der Waals surface area contributed by atoms with Crippen LogP contribution >= 0.6 is 0 Å². The molecule has 2 aliphatic rings. The first kappa shape index (κ1) is 22.3. The molecule has 0 spiro atoms. The second-order valence-corrected chi connectivity index (χ2v) is 9.39. The van der Waals surface area contributed by atoms with Crippen LogP contribution in [0.3, 0.4) is 0 Å². The van der Waals surface area contributed by atoms with E-state index in [4.69, 9.17) is 5.10 Å². The summed E-state index contributed by atoms with van der Waals surface area (Å²) in [5.74, 6) is 0.0115. The number of aryl methyl sites for hydroxylation is 3. The number of benzene rings is 2. The van der Waals surface area contributed by atoms with Crippen LogP contribution in [0, 0.1) is 26.7 Å². The average molecular weight is 432 g/mol. The van der Waals surface area contributed by atoms with Gasteiger partial charge in [0.2, 0.25) is 5.91 Å². The predicted molar refractivity (Wildman–Crippen MR) is 127 cm³/mol. The van der Waals surface area contributed by atoms with Crippen molar-refractivity contribution in [3.63, 3.8) is 0 Å². The lowest BCUT2D eigenvalue weighted by atomic mass is 9.96. The Morgan fingerprint density at radius 1 is 1.00 bits per heavy atom. The highest BCUT2D eigenvalue weighted by Gasteiger charge is 2.35. The van der Waals surface area contributed by atoms with E-state index in [1.807, 2.05) is 0 Å². The topological polar surface area (TPSA) is 53.0 Å². The van der Waals surface area contributed by atoms with Crippen molar-refractivity contribution in [1.82, 2.24) is 9.91 Å². The van der Waals surface area contributed by atoms with E-state index >= 15 is 0 Å². The smallest absolute Gasteiger partial charge is 0.262 e. The van der Waals surface area contributed by atoms with Crippen molar-refractivity contribution in [1.29, 1.82) is 0 Å². The maximum absolute atomic E-state index is 13.3. The summed E-state index contributed by atoms with van der Waals surface area (Å²) in [6.45, 7) is 6.30. The molecule has 0 unspecified atom stereocenters. The molecule has 2 amide bonds. The highest BCUT2D eigenvalue weighted by Crippen LogP contribution is 2.34. The van der Waals surface area contributed by atoms with Crippen LogP contribution in [0.5, 0.6) is 0 Å². The van der Waals surface area contributed by atoms with Crippen LogP contribution in [0.4, 0.5) is 0 Å². The molecule has 32 heavy (non-hydrogen) atoms. The Morgan fingerprint density at radius 2 is 1.69 bits per heavy atom. The van der Waals surface area contributed by atoms with Crippen molar-refractivity contribution in [2.75, 3.05) is 13.6 Å². The van der Waals surface area contributed by atoms with Gasteiger partial charge in [-0.2, -0.15) is 5.10 Å². The van der Waals surface area contributed by atoms with Crippen LogP contribution < -0.4 is 0 Å². The van der Waals surface area contributed by atoms with E-state index in [-0.39, 0.29) is 30.3 Å². The molecule has 1 aliphatic carbocycles. The molecule has 0 radical (unpaired) electrons. The zero-order valence-corrected chi connectivity index (χ0v) is 19.6. The molecule has 5 nitrogen and oxygen atoms in total. The van der Waals surface area contributed by atoms with E-state index in [0.717, 1.165) is 42.5 Å². The van der Waals surface area contributed by atoms with E-state index in [0.29, 0.717) is 6.42 Å². The number of hydrogen-bond acceptors (Lipinski definition) is 3. The lowest BCUT2D eigenvalue weighted by molar-refractivity contribution is -0.142. The monoisotopic (exact) mass is 431 g/mol. The van der Waals surface area contributed by atoms with Gasteiger partial charge in [-0.3, -0.25) is 9.59 Å². The number of likely N-dealkylation sites (N-methyl/N-ethyl adjacent to an activating group) is 1. The van der Waals surface area contributed by atoms with Gasteiger partial charge in [0.1, 0.15) is 6.54 Å². The molecule has 1 fully saturated rings. The van der Waals surface area contributed by atoms with Gasteiger partial charge in [0.25, 0.3) is 5.91 Å². The van der Waals surface area contributed by atoms with Gasteiger partial charge < -0.3 is 4.90 Å². The summed E-state index contributed by atoms with van der Waals surface area (Å²) in [6.07, 6.45) is 4.73. The number of amides is 2. The summed E-state index contributed by atoms with van der Waals surface area (Å²) in [4.78, 5) is 27.7. The quantitative estimate of drug-likeness (QED) is 0.673. The minimum absolute atomic E-state index is 0.0569. The second kappa shape index (κ2) is 9.27. The zero-order valence-electron chi connectivity index (χ0n) is 19.6. The van der Waals surface area contributed by atoms with Crippen molar-refractivity contribution in [2.24, 2.45) is 11.0 Å². The Balaban J connectivity index is 1.58. The van der Waals surface area contributed by atoms with Crippen molar-refractivity contribution < 1.29 is 9.59 Å². The molecule has 168 valence electrons. The van der Waals surface area contributed by atoms with Gasteiger partial charge in [-0.15, -0.1) is 0 Å². The van der Waals surface area contributed by atoms with E-state index in [1.165, 1.54) is 16.7 Å². The van der Waals surface area contributed by atoms with Gasteiger partial charge in [-0.05, 0) is 61.9 Å². The van der Waals surface area contributed by atoms with Crippen LogP contribution in [-0.2, 0) is 9.59 Å².